The summed E-state index contributed by atoms with van der Waals surface area (Å²) in [7, 11) is 1.64. The molecule has 18 heavy (non-hydrogen) atoms. The smallest absolute Gasteiger partial charge is 0.183 e. The molecule has 0 bridgehead atoms. The number of aliphatic hydroxyl groups is 4. The van der Waals surface area contributed by atoms with Crippen molar-refractivity contribution in [3.63, 3.8) is 0 Å². The Labute approximate surface area is 106 Å². The number of methoxy groups -OCH3 is 1. The van der Waals surface area contributed by atoms with Crippen molar-refractivity contribution in [3.05, 3.63) is 0 Å². The third-order valence-electron chi connectivity index (χ3n) is 2.99. The minimum absolute atomic E-state index is 0.439. The summed E-state index contributed by atoms with van der Waals surface area (Å²) in [4.78, 5) is 0. The first-order valence-electron chi connectivity index (χ1n) is 6.15. The van der Waals surface area contributed by atoms with Crippen LogP contribution < -0.4 is 5.32 Å². The molecule has 7 nitrogen and oxygen atoms in total. The number of ether oxygens (including phenoxy) is 2. The van der Waals surface area contributed by atoms with Crippen molar-refractivity contribution in [3.8, 4) is 0 Å². The molecular weight excluding hydrogens is 242 g/mol. The molecule has 1 unspecified atom stereocenters. The Morgan fingerprint density at radius 1 is 1.06 bits per heavy atom. The van der Waals surface area contributed by atoms with Crippen LogP contribution in [0.2, 0.25) is 0 Å². The highest BCUT2D eigenvalue weighted by Crippen LogP contribution is 2.21. The molecule has 0 aliphatic carbocycles. The summed E-state index contributed by atoms with van der Waals surface area (Å²) in [6.07, 6.45) is -4.86. The SMILES string of the molecule is COCCCNCC[C@H]1OC(O)[C@H](O)[C@@H](O)[C@@H]1O. The minimum Gasteiger partial charge on any atom is -0.388 e. The largest absolute Gasteiger partial charge is 0.388 e. The van der Waals surface area contributed by atoms with Crippen LogP contribution >= 0.6 is 0 Å². The molecule has 0 amide bonds. The van der Waals surface area contributed by atoms with Crippen molar-refractivity contribution in [1.29, 1.82) is 0 Å². The van der Waals surface area contributed by atoms with E-state index in [9.17, 15) is 20.4 Å². The maximum atomic E-state index is 9.67. The van der Waals surface area contributed by atoms with Crippen molar-refractivity contribution < 1.29 is 29.9 Å². The average Bonchev–Trinajstić information content (AvgIpc) is 2.37. The lowest BCUT2D eigenvalue weighted by atomic mass is 9.97. The van der Waals surface area contributed by atoms with E-state index in [1.807, 2.05) is 0 Å². The van der Waals surface area contributed by atoms with Crippen molar-refractivity contribution in [2.24, 2.45) is 0 Å². The minimum atomic E-state index is -1.47. The number of rotatable bonds is 7. The molecule has 1 aliphatic heterocycles. The highest BCUT2D eigenvalue weighted by molar-refractivity contribution is 4.88. The summed E-state index contributed by atoms with van der Waals surface area (Å²) in [6.45, 7) is 2.05. The zero-order valence-corrected chi connectivity index (χ0v) is 10.5. The van der Waals surface area contributed by atoms with Crippen LogP contribution in [0.4, 0.5) is 0 Å². The third kappa shape index (κ3) is 4.43. The van der Waals surface area contributed by atoms with E-state index in [1.165, 1.54) is 0 Å². The van der Waals surface area contributed by atoms with Gasteiger partial charge in [0.25, 0.3) is 0 Å². The molecule has 1 fully saturated rings. The van der Waals surface area contributed by atoms with Crippen LogP contribution in [0.15, 0.2) is 0 Å². The summed E-state index contributed by atoms with van der Waals surface area (Å²) < 4.78 is 9.94. The lowest BCUT2D eigenvalue weighted by molar-refractivity contribution is -0.282. The fourth-order valence-electron chi connectivity index (χ4n) is 1.88. The average molecular weight is 265 g/mol. The number of hydrogen-bond acceptors (Lipinski definition) is 7. The van der Waals surface area contributed by atoms with Gasteiger partial charge in [-0.25, -0.2) is 0 Å². The Bertz CT molecular complexity index is 230. The van der Waals surface area contributed by atoms with Crippen molar-refractivity contribution >= 4 is 0 Å². The molecule has 7 heteroatoms. The van der Waals surface area contributed by atoms with Gasteiger partial charge in [0.2, 0.25) is 0 Å². The summed E-state index contributed by atoms with van der Waals surface area (Å²) in [5.41, 5.74) is 0. The van der Waals surface area contributed by atoms with Crippen LogP contribution in [0.1, 0.15) is 12.8 Å². The van der Waals surface area contributed by atoms with Crippen LogP contribution in [0.25, 0.3) is 0 Å². The second-order valence-electron chi connectivity index (χ2n) is 4.42. The maximum absolute atomic E-state index is 9.67. The molecule has 1 heterocycles. The highest BCUT2D eigenvalue weighted by atomic mass is 16.6. The summed E-state index contributed by atoms with van der Waals surface area (Å²) in [5.74, 6) is 0. The van der Waals surface area contributed by atoms with Gasteiger partial charge in [0.05, 0.1) is 6.10 Å². The molecule has 1 rings (SSSR count). The van der Waals surface area contributed by atoms with Crippen molar-refractivity contribution in [1.82, 2.24) is 5.32 Å². The van der Waals surface area contributed by atoms with E-state index in [-0.39, 0.29) is 0 Å². The van der Waals surface area contributed by atoms with E-state index in [2.05, 4.69) is 5.32 Å². The van der Waals surface area contributed by atoms with Crippen LogP contribution in [0, 0.1) is 0 Å². The monoisotopic (exact) mass is 265 g/mol. The molecule has 1 saturated heterocycles. The van der Waals surface area contributed by atoms with Gasteiger partial charge in [-0.3, -0.25) is 0 Å². The first-order valence-corrected chi connectivity index (χ1v) is 6.15. The summed E-state index contributed by atoms with van der Waals surface area (Å²) in [6, 6.07) is 0. The van der Waals surface area contributed by atoms with Gasteiger partial charge in [0.15, 0.2) is 6.29 Å². The highest BCUT2D eigenvalue weighted by Gasteiger charge is 2.42. The van der Waals surface area contributed by atoms with E-state index in [4.69, 9.17) is 9.47 Å². The first kappa shape index (κ1) is 15.8. The molecule has 1 aliphatic rings. The summed E-state index contributed by atoms with van der Waals surface area (Å²) in [5, 5.41) is 40.9. The van der Waals surface area contributed by atoms with Crippen LogP contribution in [-0.2, 0) is 9.47 Å². The molecule has 0 aromatic rings. The Morgan fingerprint density at radius 2 is 1.78 bits per heavy atom. The molecule has 5 atom stereocenters. The van der Waals surface area contributed by atoms with Gasteiger partial charge in [-0.2, -0.15) is 0 Å². The van der Waals surface area contributed by atoms with Crippen LogP contribution in [-0.4, -0.2) is 77.9 Å². The molecule has 0 spiro atoms. The predicted octanol–water partition coefficient (Wildman–Crippen LogP) is -2.20. The zero-order valence-electron chi connectivity index (χ0n) is 10.5. The van der Waals surface area contributed by atoms with Gasteiger partial charge in [-0.1, -0.05) is 0 Å². The molecule has 108 valence electrons. The number of hydrogen-bond donors (Lipinski definition) is 5. The standard InChI is InChI=1S/C11H23NO6/c1-17-6-2-4-12-5-3-7-8(13)9(14)10(15)11(16)18-7/h7-16H,2-6H2,1H3/t7-,8-,9+,10-,11?/m1/s1. The van der Waals surface area contributed by atoms with Crippen molar-refractivity contribution in [2.75, 3.05) is 26.8 Å². The second-order valence-corrected chi connectivity index (χ2v) is 4.42. The zero-order chi connectivity index (χ0) is 13.5. The third-order valence-corrected chi connectivity index (χ3v) is 2.99. The maximum Gasteiger partial charge on any atom is 0.183 e. The molecule has 5 N–H and O–H groups in total. The normalized spacial score (nSPS) is 36.8. The Hall–Kier alpha value is -0.280. The van der Waals surface area contributed by atoms with Gasteiger partial charge in [0.1, 0.15) is 18.3 Å². The number of aliphatic hydroxyl groups excluding tert-OH is 4. The number of nitrogens with one attached hydrogen (secondary N) is 1. The van der Waals surface area contributed by atoms with Crippen LogP contribution in [0.5, 0.6) is 0 Å². The van der Waals surface area contributed by atoms with Gasteiger partial charge < -0.3 is 35.2 Å². The molecule has 0 saturated carbocycles. The Balaban J connectivity index is 2.21. The van der Waals surface area contributed by atoms with E-state index in [0.29, 0.717) is 19.6 Å². The summed E-state index contributed by atoms with van der Waals surface area (Å²) >= 11 is 0. The topological polar surface area (TPSA) is 111 Å². The predicted molar refractivity (Wildman–Crippen MR) is 62.9 cm³/mol. The first-order chi connectivity index (χ1) is 8.57. The van der Waals surface area contributed by atoms with Crippen LogP contribution in [0.3, 0.4) is 0 Å². The molecule has 0 aromatic heterocycles. The molecule has 0 aromatic carbocycles. The van der Waals surface area contributed by atoms with Gasteiger partial charge in [-0.15, -0.1) is 0 Å². The molecular formula is C11H23NO6. The Kier molecular flexibility index (Phi) is 7.02. The fourth-order valence-corrected chi connectivity index (χ4v) is 1.88. The molecule has 0 radical (unpaired) electrons. The Morgan fingerprint density at radius 3 is 2.44 bits per heavy atom. The lowest BCUT2D eigenvalue weighted by Crippen LogP contribution is -2.57. The van der Waals surface area contributed by atoms with Gasteiger partial charge >= 0.3 is 0 Å². The second kappa shape index (κ2) is 8.00. The fraction of sp³-hybridized carbons (Fsp3) is 1.00. The van der Waals surface area contributed by atoms with Gasteiger partial charge in [-0.05, 0) is 25.9 Å². The van der Waals surface area contributed by atoms with E-state index in [0.717, 1.165) is 13.0 Å². The van der Waals surface area contributed by atoms with Gasteiger partial charge in [0, 0.05) is 13.7 Å². The quantitative estimate of drug-likeness (QED) is 0.332. The van der Waals surface area contributed by atoms with E-state index >= 15 is 0 Å². The van der Waals surface area contributed by atoms with Crippen molar-refractivity contribution in [2.45, 2.75) is 43.5 Å². The van der Waals surface area contributed by atoms with E-state index < -0.39 is 30.7 Å². The lowest BCUT2D eigenvalue weighted by Gasteiger charge is -2.38. The van der Waals surface area contributed by atoms with E-state index in [1.54, 1.807) is 7.11 Å².